The standard InChI is InChI=1S/C15H20O3/c1-3-18-15(17)9-14(13-7-10(13)2)11-5-4-6-12(16)8-11/h4-6,8,10,13-14,16H,3,7,9H2,1-2H3/t10-,13-,14+/m0/s1. The van der Waals surface area contributed by atoms with E-state index < -0.39 is 0 Å². The van der Waals surface area contributed by atoms with Crippen molar-refractivity contribution in [2.75, 3.05) is 6.61 Å². The van der Waals surface area contributed by atoms with Gasteiger partial charge in [-0.15, -0.1) is 0 Å². The lowest BCUT2D eigenvalue weighted by Gasteiger charge is -2.16. The smallest absolute Gasteiger partial charge is 0.306 e. The molecule has 0 bridgehead atoms. The van der Waals surface area contributed by atoms with E-state index in [-0.39, 0.29) is 17.6 Å². The largest absolute Gasteiger partial charge is 0.508 e. The second kappa shape index (κ2) is 5.42. The van der Waals surface area contributed by atoms with E-state index in [4.69, 9.17) is 4.74 Å². The van der Waals surface area contributed by atoms with Gasteiger partial charge in [0.25, 0.3) is 0 Å². The van der Waals surface area contributed by atoms with E-state index in [0.717, 1.165) is 12.0 Å². The van der Waals surface area contributed by atoms with E-state index in [1.165, 1.54) is 0 Å². The predicted octanol–water partition coefficient (Wildman–Crippen LogP) is 3.09. The maximum atomic E-state index is 11.7. The van der Waals surface area contributed by atoms with Crippen LogP contribution in [0.4, 0.5) is 0 Å². The van der Waals surface area contributed by atoms with Crippen molar-refractivity contribution in [1.82, 2.24) is 0 Å². The van der Waals surface area contributed by atoms with Crippen LogP contribution >= 0.6 is 0 Å². The summed E-state index contributed by atoms with van der Waals surface area (Å²) in [4.78, 5) is 11.7. The Morgan fingerprint density at radius 2 is 2.28 bits per heavy atom. The topological polar surface area (TPSA) is 46.5 Å². The minimum atomic E-state index is -0.148. The van der Waals surface area contributed by atoms with Gasteiger partial charge in [-0.25, -0.2) is 0 Å². The monoisotopic (exact) mass is 248 g/mol. The molecule has 0 unspecified atom stereocenters. The summed E-state index contributed by atoms with van der Waals surface area (Å²) in [6, 6.07) is 7.22. The quantitative estimate of drug-likeness (QED) is 0.814. The Kier molecular flexibility index (Phi) is 3.90. The number of esters is 1. The number of hydrogen-bond donors (Lipinski definition) is 1. The molecule has 0 saturated heterocycles. The van der Waals surface area contributed by atoms with Crippen LogP contribution in [-0.4, -0.2) is 17.7 Å². The molecule has 18 heavy (non-hydrogen) atoms. The highest BCUT2D eigenvalue weighted by Crippen LogP contribution is 2.50. The van der Waals surface area contributed by atoms with Gasteiger partial charge < -0.3 is 9.84 Å². The number of hydrogen-bond acceptors (Lipinski definition) is 3. The normalized spacial score (nSPS) is 23.4. The second-order valence-corrected chi connectivity index (χ2v) is 5.09. The number of rotatable bonds is 5. The molecule has 0 aliphatic heterocycles. The summed E-state index contributed by atoms with van der Waals surface area (Å²) in [7, 11) is 0. The number of ether oxygens (including phenoxy) is 1. The molecule has 1 aliphatic carbocycles. The van der Waals surface area contributed by atoms with Crippen molar-refractivity contribution in [2.24, 2.45) is 11.8 Å². The van der Waals surface area contributed by atoms with Gasteiger partial charge in [0.15, 0.2) is 0 Å². The Bertz CT molecular complexity index is 428. The van der Waals surface area contributed by atoms with Gasteiger partial charge >= 0.3 is 5.97 Å². The zero-order chi connectivity index (χ0) is 13.1. The van der Waals surface area contributed by atoms with Crippen LogP contribution in [0.15, 0.2) is 24.3 Å². The van der Waals surface area contributed by atoms with E-state index in [1.54, 1.807) is 12.1 Å². The predicted molar refractivity (Wildman–Crippen MR) is 69.4 cm³/mol. The van der Waals surface area contributed by atoms with Crippen molar-refractivity contribution in [3.63, 3.8) is 0 Å². The lowest BCUT2D eigenvalue weighted by atomic mass is 9.90. The second-order valence-electron chi connectivity index (χ2n) is 5.09. The average molecular weight is 248 g/mol. The number of benzene rings is 1. The lowest BCUT2D eigenvalue weighted by molar-refractivity contribution is -0.143. The van der Waals surface area contributed by atoms with Gasteiger partial charge in [-0.3, -0.25) is 4.79 Å². The van der Waals surface area contributed by atoms with E-state index in [0.29, 0.717) is 24.9 Å². The van der Waals surface area contributed by atoms with Crippen molar-refractivity contribution in [2.45, 2.75) is 32.6 Å². The molecular weight excluding hydrogens is 228 g/mol. The minimum absolute atomic E-state index is 0.148. The molecule has 1 N–H and O–H groups in total. The Balaban J connectivity index is 2.13. The molecule has 0 amide bonds. The fourth-order valence-electron chi connectivity index (χ4n) is 2.58. The van der Waals surface area contributed by atoms with Gasteiger partial charge in [0, 0.05) is 0 Å². The van der Waals surface area contributed by atoms with E-state index in [2.05, 4.69) is 6.92 Å². The van der Waals surface area contributed by atoms with Gasteiger partial charge in [0.1, 0.15) is 5.75 Å². The summed E-state index contributed by atoms with van der Waals surface area (Å²) in [5.41, 5.74) is 1.04. The first-order valence-electron chi connectivity index (χ1n) is 6.56. The fourth-order valence-corrected chi connectivity index (χ4v) is 2.58. The molecule has 0 spiro atoms. The maximum Gasteiger partial charge on any atom is 0.306 e. The van der Waals surface area contributed by atoms with E-state index >= 15 is 0 Å². The van der Waals surface area contributed by atoms with Crippen LogP contribution in [0, 0.1) is 11.8 Å². The molecule has 0 heterocycles. The van der Waals surface area contributed by atoms with Crippen molar-refractivity contribution in [3.05, 3.63) is 29.8 Å². The van der Waals surface area contributed by atoms with Crippen LogP contribution in [0.2, 0.25) is 0 Å². The molecule has 0 radical (unpaired) electrons. The first-order valence-corrected chi connectivity index (χ1v) is 6.56. The SMILES string of the molecule is CCOC(=O)C[C@H](c1cccc(O)c1)[C@H]1C[C@@H]1C. The third kappa shape index (κ3) is 3.03. The van der Waals surface area contributed by atoms with Gasteiger partial charge in [-0.1, -0.05) is 19.1 Å². The Morgan fingerprint density at radius 3 is 2.83 bits per heavy atom. The van der Waals surface area contributed by atoms with Crippen molar-refractivity contribution in [3.8, 4) is 5.75 Å². The molecule has 3 atom stereocenters. The number of carbonyl (C=O) groups excluding carboxylic acids is 1. The average Bonchev–Trinajstić information content (AvgIpc) is 3.03. The molecule has 98 valence electrons. The summed E-state index contributed by atoms with van der Waals surface area (Å²) in [5, 5.41) is 9.55. The van der Waals surface area contributed by atoms with Gasteiger partial charge in [-0.05, 0) is 48.8 Å². The molecule has 3 nitrogen and oxygen atoms in total. The van der Waals surface area contributed by atoms with Crippen molar-refractivity contribution < 1.29 is 14.6 Å². The number of phenolic OH excluding ortho intramolecular Hbond substituents is 1. The molecular formula is C15H20O3. The van der Waals surface area contributed by atoms with Gasteiger partial charge in [0.05, 0.1) is 13.0 Å². The molecule has 1 aromatic rings. The van der Waals surface area contributed by atoms with Crippen LogP contribution in [-0.2, 0) is 9.53 Å². The highest BCUT2D eigenvalue weighted by molar-refractivity contribution is 5.70. The summed E-state index contributed by atoms with van der Waals surface area (Å²) >= 11 is 0. The van der Waals surface area contributed by atoms with E-state index in [1.807, 2.05) is 19.1 Å². The van der Waals surface area contributed by atoms with Crippen molar-refractivity contribution in [1.29, 1.82) is 0 Å². The summed E-state index contributed by atoms with van der Waals surface area (Å²) < 4.78 is 5.04. The first-order chi connectivity index (χ1) is 8.61. The molecule has 1 fully saturated rings. The third-order valence-electron chi connectivity index (χ3n) is 3.68. The third-order valence-corrected chi connectivity index (χ3v) is 3.68. The highest BCUT2D eigenvalue weighted by Gasteiger charge is 2.41. The van der Waals surface area contributed by atoms with Crippen LogP contribution in [0.1, 0.15) is 38.2 Å². The minimum Gasteiger partial charge on any atom is -0.508 e. The molecule has 1 saturated carbocycles. The molecule has 1 aromatic carbocycles. The van der Waals surface area contributed by atoms with Crippen LogP contribution in [0.25, 0.3) is 0 Å². The Hall–Kier alpha value is -1.51. The first kappa shape index (κ1) is 12.9. The highest BCUT2D eigenvalue weighted by atomic mass is 16.5. The fraction of sp³-hybridized carbons (Fsp3) is 0.533. The lowest BCUT2D eigenvalue weighted by Crippen LogP contribution is -2.12. The Labute approximate surface area is 108 Å². The molecule has 3 heteroatoms. The van der Waals surface area contributed by atoms with Crippen LogP contribution in [0.5, 0.6) is 5.75 Å². The molecule has 1 aliphatic rings. The molecule has 2 rings (SSSR count). The van der Waals surface area contributed by atoms with Gasteiger partial charge in [-0.2, -0.15) is 0 Å². The number of carbonyl (C=O) groups is 1. The van der Waals surface area contributed by atoms with Crippen molar-refractivity contribution >= 4 is 5.97 Å². The number of phenols is 1. The van der Waals surface area contributed by atoms with Crippen LogP contribution in [0.3, 0.4) is 0 Å². The zero-order valence-corrected chi connectivity index (χ0v) is 10.9. The Morgan fingerprint density at radius 1 is 1.56 bits per heavy atom. The van der Waals surface area contributed by atoms with E-state index in [9.17, 15) is 9.90 Å². The zero-order valence-electron chi connectivity index (χ0n) is 10.9. The summed E-state index contributed by atoms with van der Waals surface area (Å²) in [6.07, 6.45) is 1.56. The maximum absolute atomic E-state index is 11.7. The number of aromatic hydroxyl groups is 1. The summed E-state index contributed by atoms with van der Waals surface area (Å²) in [5.74, 6) is 1.48. The van der Waals surface area contributed by atoms with Crippen LogP contribution < -0.4 is 0 Å². The summed E-state index contributed by atoms with van der Waals surface area (Å²) in [6.45, 7) is 4.44. The van der Waals surface area contributed by atoms with Gasteiger partial charge in [0.2, 0.25) is 0 Å². The molecule has 0 aromatic heterocycles.